The molecule has 0 bridgehead atoms. The molecule has 0 fully saturated rings. The minimum atomic E-state index is 0.613. The van der Waals surface area contributed by atoms with Gasteiger partial charge >= 0.3 is 0 Å². The van der Waals surface area contributed by atoms with Gasteiger partial charge in [-0.25, -0.2) is 0 Å². The molecule has 2 unspecified atom stereocenters. The van der Waals surface area contributed by atoms with Gasteiger partial charge < -0.3 is 5.32 Å². The van der Waals surface area contributed by atoms with Crippen molar-refractivity contribution in [3.63, 3.8) is 0 Å². The van der Waals surface area contributed by atoms with Crippen LogP contribution in [0.1, 0.15) is 59.3 Å². The Hall–Kier alpha value is -0.820. The van der Waals surface area contributed by atoms with E-state index < -0.39 is 0 Å². The fourth-order valence-corrected chi connectivity index (χ4v) is 3.02. The largest absolute Gasteiger partial charge is 0.317 e. The molecule has 0 aromatic carbocycles. The lowest BCUT2D eigenvalue weighted by molar-refractivity contribution is 0.410. The first-order valence-corrected chi connectivity index (χ1v) is 7.87. The molecule has 19 heavy (non-hydrogen) atoms. The summed E-state index contributed by atoms with van der Waals surface area (Å²) in [5.74, 6) is 0.620. The first-order valence-electron chi connectivity index (χ1n) is 7.87. The van der Waals surface area contributed by atoms with Crippen molar-refractivity contribution in [2.75, 3.05) is 7.05 Å². The standard InChI is InChI=1S/C18H31N/c1-6-10-16(13-17(7-2)19-5)15(4)18-12-9-8-11-14(18)3/h11-12,16-17,19H,4,6-10,13H2,1-3,5H3. The predicted octanol–water partition coefficient (Wildman–Crippen LogP) is 5.01. The molecule has 0 radical (unpaired) electrons. The van der Waals surface area contributed by atoms with E-state index in [-0.39, 0.29) is 0 Å². The van der Waals surface area contributed by atoms with Crippen molar-refractivity contribution in [3.05, 3.63) is 35.5 Å². The Balaban J connectivity index is 2.77. The molecular formula is C18H31N. The Kier molecular flexibility index (Phi) is 7.15. The zero-order valence-corrected chi connectivity index (χ0v) is 13.3. The summed E-state index contributed by atoms with van der Waals surface area (Å²) in [6.07, 6.45) is 12.0. The summed E-state index contributed by atoms with van der Waals surface area (Å²) in [6, 6.07) is 0.613. The lowest BCUT2D eigenvalue weighted by Crippen LogP contribution is -2.28. The minimum absolute atomic E-state index is 0.613. The van der Waals surface area contributed by atoms with Gasteiger partial charge in [0.05, 0.1) is 0 Å². The lowest BCUT2D eigenvalue weighted by atomic mass is 9.81. The van der Waals surface area contributed by atoms with Gasteiger partial charge in [0, 0.05) is 6.04 Å². The quantitative estimate of drug-likeness (QED) is 0.647. The van der Waals surface area contributed by atoms with Gasteiger partial charge in [-0.05, 0) is 68.7 Å². The van der Waals surface area contributed by atoms with Crippen LogP contribution in [0.5, 0.6) is 0 Å². The van der Waals surface area contributed by atoms with Crippen molar-refractivity contribution in [1.82, 2.24) is 5.32 Å². The number of nitrogens with one attached hydrogen (secondary N) is 1. The van der Waals surface area contributed by atoms with Crippen LogP contribution >= 0.6 is 0 Å². The highest BCUT2D eigenvalue weighted by Gasteiger charge is 2.20. The number of rotatable bonds is 8. The number of hydrogen-bond acceptors (Lipinski definition) is 1. The smallest absolute Gasteiger partial charge is 0.00672 e. The molecule has 1 heteroatoms. The maximum atomic E-state index is 4.43. The molecular weight excluding hydrogens is 230 g/mol. The summed E-state index contributed by atoms with van der Waals surface area (Å²) >= 11 is 0. The van der Waals surface area contributed by atoms with Crippen LogP contribution in [-0.2, 0) is 0 Å². The summed E-state index contributed by atoms with van der Waals surface area (Å²) in [6.45, 7) is 11.2. The maximum Gasteiger partial charge on any atom is 0.00672 e. The van der Waals surface area contributed by atoms with Crippen LogP contribution in [0.25, 0.3) is 0 Å². The highest BCUT2D eigenvalue weighted by molar-refractivity contribution is 5.47. The van der Waals surface area contributed by atoms with Crippen molar-refractivity contribution in [2.45, 2.75) is 65.3 Å². The molecule has 0 saturated heterocycles. The first kappa shape index (κ1) is 16.2. The van der Waals surface area contributed by atoms with Gasteiger partial charge in [0.2, 0.25) is 0 Å². The van der Waals surface area contributed by atoms with E-state index in [2.05, 4.69) is 51.9 Å². The van der Waals surface area contributed by atoms with E-state index in [0.29, 0.717) is 12.0 Å². The highest BCUT2D eigenvalue weighted by Crippen LogP contribution is 2.33. The summed E-state index contributed by atoms with van der Waals surface area (Å²) in [7, 11) is 2.07. The van der Waals surface area contributed by atoms with Crippen LogP contribution in [0.15, 0.2) is 35.5 Å². The van der Waals surface area contributed by atoms with E-state index in [1.807, 2.05) is 0 Å². The van der Waals surface area contributed by atoms with Crippen molar-refractivity contribution in [1.29, 1.82) is 0 Å². The van der Waals surface area contributed by atoms with Crippen LogP contribution in [0.3, 0.4) is 0 Å². The lowest BCUT2D eigenvalue weighted by Gasteiger charge is -2.27. The topological polar surface area (TPSA) is 12.0 Å². The second-order valence-electron chi connectivity index (χ2n) is 5.72. The Labute approximate surface area is 119 Å². The van der Waals surface area contributed by atoms with Gasteiger partial charge in [-0.2, -0.15) is 0 Å². The maximum absolute atomic E-state index is 4.43. The van der Waals surface area contributed by atoms with Crippen molar-refractivity contribution >= 4 is 0 Å². The summed E-state index contributed by atoms with van der Waals surface area (Å²) < 4.78 is 0. The average molecular weight is 261 g/mol. The third kappa shape index (κ3) is 4.65. The van der Waals surface area contributed by atoms with E-state index in [1.54, 1.807) is 0 Å². The third-order valence-electron chi connectivity index (χ3n) is 4.34. The highest BCUT2D eigenvalue weighted by atomic mass is 14.9. The van der Waals surface area contributed by atoms with Crippen LogP contribution in [-0.4, -0.2) is 13.1 Å². The Morgan fingerprint density at radius 3 is 2.53 bits per heavy atom. The van der Waals surface area contributed by atoms with Gasteiger partial charge in [0.25, 0.3) is 0 Å². The van der Waals surface area contributed by atoms with E-state index in [1.165, 1.54) is 55.2 Å². The molecule has 0 aromatic heterocycles. The summed E-state index contributed by atoms with van der Waals surface area (Å²) in [4.78, 5) is 0. The predicted molar refractivity (Wildman–Crippen MR) is 86.4 cm³/mol. The SMILES string of the molecule is C=C(C1=CCCC=C1C)C(CCC)CC(CC)NC. The molecule has 2 atom stereocenters. The molecule has 1 rings (SSSR count). The monoisotopic (exact) mass is 261 g/mol. The van der Waals surface area contributed by atoms with Crippen molar-refractivity contribution < 1.29 is 0 Å². The molecule has 0 heterocycles. The molecule has 108 valence electrons. The molecule has 0 aromatic rings. The molecule has 0 spiro atoms. The average Bonchev–Trinajstić information content (AvgIpc) is 2.43. The van der Waals surface area contributed by atoms with Crippen LogP contribution < -0.4 is 5.32 Å². The van der Waals surface area contributed by atoms with Gasteiger partial charge in [-0.15, -0.1) is 0 Å². The fourth-order valence-electron chi connectivity index (χ4n) is 3.02. The Morgan fingerprint density at radius 2 is 2.00 bits per heavy atom. The zero-order valence-electron chi connectivity index (χ0n) is 13.3. The van der Waals surface area contributed by atoms with Crippen molar-refractivity contribution in [2.24, 2.45) is 5.92 Å². The van der Waals surface area contributed by atoms with Gasteiger partial charge in [0.15, 0.2) is 0 Å². The second-order valence-corrected chi connectivity index (χ2v) is 5.72. The normalized spacial score (nSPS) is 18.5. The molecule has 1 nitrogen and oxygen atoms in total. The molecule has 0 saturated carbocycles. The zero-order chi connectivity index (χ0) is 14.3. The van der Waals surface area contributed by atoms with Gasteiger partial charge in [-0.1, -0.05) is 39.0 Å². The van der Waals surface area contributed by atoms with Crippen LogP contribution in [0, 0.1) is 5.92 Å². The summed E-state index contributed by atoms with van der Waals surface area (Å²) in [5, 5.41) is 3.43. The van der Waals surface area contributed by atoms with Gasteiger partial charge in [0.1, 0.15) is 0 Å². The first-order chi connectivity index (χ1) is 9.13. The Bertz CT molecular complexity index is 345. The molecule has 0 amide bonds. The summed E-state index contributed by atoms with van der Waals surface area (Å²) in [5.41, 5.74) is 4.22. The minimum Gasteiger partial charge on any atom is -0.317 e. The molecule has 1 aliphatic rings. The third-order valence-corrected chi connectivity index (χ3v) is 4.34. The van der Waals surface area contributed by atoms with Crippen molar-refractivity contribution in [3.8, 4) is 0 Å². The van der Waals surface area contributed by atoms with E-state index in [0.717, 1.165) is 0 Å². The van der Waals surface area contributed by atoms with E-state index in [9.17, 15) is 0 Å². The van der Waals surface area contributed by atoms with E-state index >= 15 is 0 Å². The molecule has 1 aliphatic carbocycles. The molecule has 1 N–H and O–H groups in total. The molecule has 0 aliphatic heterocycles. The number of allylic oxidation sites excluding steroid dienone is 5. The van der Waals surface area contributed by atoms with Crippen LogP contribution in [0.4, 0.5) is 0 Å². The number of hydrogen-bond donors (Lipinski definition) is 1. The van der Waals surface area contributed by atoms with Crippen LogP contribution in [0.2, 0.25) is 0 Å². The fraction of sp³-hybridized carbons (Fsp3) is 0.667. The van der Waals surface area contributed by atoms with E-state index in [4.69, 9.17) is 0 Å². The van der Waals surface area contributed by atoms with Gasteiger partial charge in [-0.3, -0.25) is 0 Å². The second kappa shape index (κ2) is 8.37. The Morgan fingerprint density at radius 1 is 1.32 bits per heavy atom.